The van der Waals surface area contributed by atoms with Gasteiger partial charge in [-0.25, -0.2) is 4.98 Å². The molecular weight excluding hydrogens is 374 g/mol. The number of nitrogens with zero attached hydrogens (tertiary/aromatic N) is 2. The third-order valence-corrected chi connectivity index (χ3v) is 5.98. The molecule has 0 aromatic carbocycles. The predicted octanol–water partition coefficient (Wildman–Crippen LogP) is 4.96. The molecule has 3 nitrogen and oxygen atoms in total. The molecule has 0 spiro atoms. The summed E-state index contributed by atoms with van der Waals surface area (Å²) in [6.45, 7) is 1.15. The summed E-state index contributed by atoms with van der Waals surface area (Å²) in [6.07, 6.45) is 0.825. The molecule has 0 radical (unpaired) electrons. The summed E-state index contributed by atoms with van der Waals surface area (Å²) < 4.78 is 0. The molecule has 3 rings (SSSR count). The zero-order valence-corrected chi connectivity index (χ0v) is 14.3. The first-order valence-corrected chi connectivity index (χ1v) is 8.42. The molecule has 0 atom stereocenters. The predicted molar refractivity (Wildman–Crippen MR) is 87.0 cm³/mol. The lowest BCUT2D eigenvalue weighted by atomic mass is 10.1. The van der Waals surface area contributed by atoms with E-state index in [1.165, 1.54) is 4.88 Å². The Kier molecular flexibility index (Phi) is 4.35. The minimum atomic E-state index is -0.294. The lowest BCUT2D eigenvalue weighted by Crippen LogP contribution is -2.36. The van der Waals surface area contributed by atoms with E-state index in [1.54, 1.807) is 16.2 Å². The van der Waals surface area contributed by atoms with Crippen molar-refractivity contribution in [1.29, 1.82) is 0 Å². The van der Waals surface area contributed by atoms with Crippen molar-refractivity contribution in [2.24, 2.45) is 0 Å². The van der Waals surface area contributed by atoms with E-state index in [9.17, 15) is 4.79 Å². The number of hydrogen-bond acceptors (Lipinski definition) is 3. The largest absolute Gasteiger partial charge is 0.333 e. The summed E-state index contributed by atoms with van der Waals surface area (Å²) in [5, 5.41) is 2.14. The maximum absolute atomic E-state index is 12.6. The van der Waals surface area contributed by atoms with Gasteiger partial charge in [-0.2, -0.15) is 0 Å². The van der Waals surface area contributed by atoms with Crippen LogP contribution in [0, 0.1) is 0 Å². The van der Waals surface area contributed by atoms with Crippen LogP contribution in [0.4, 0.5) is 0 Å². The van der Waals surface area contributed by atoms with Crippen LogP contribution in [0.2, 0.25) is 20.2 Å². The highest BCUT2D eigenvalue weighted by Gasteiger charge is 2.27. The van der Waals surface area contributed by atoms with Crippen LogP contribution < -0.4 is 0 Å². The Balaban J connectivity index is 1.94. The molecule has 0 N–H and O–H groups in total. The zero-order chi connectivity index (χ0) is 15.1. The lowest BCUT2D eigenvalue weighted by molar-refractivity contribution is 0.0730. The van der Waals surface area contributed by atoms with E-state index >= 15 is 0 Å². The molecule has 0 aliphatic carbocycles. The monoisotopic (exact) mass is 380 g/mol. The molecular formula is C13H8Cl4N2OS. The van der Waals surface area contributed by atoms with Gasteiger partial charge in [0.1, 0.15) is 10.8 Å². The molecule has 0 fully saturated rings. The summed E-state index contributed by atoms with van der Waals surface area (Å²) >= 11 is 25.5. The highest BCUT2D eigenvalue weighted by atomic mass is 35.5. The number of carbonyl (C=O) groups is 1. The molecule has 0 saturated heterocycles. The first-order chi connectivity index (χ1) is 9.99. The van der Waals surface area contributed by atoms with Gasteiger partial charge < -0.3 is 4.90 Å². The number of fused-ring (bicyclic) bond motifs is 1. The summed E-state index contributed by atoms with van der Waals surface area (Å²) in [5.41, 5.74) is 1.19. The first-order valence-electron chi connectivity index (χ1n) is 6.03. The molecule has 2 aromatic heterocycles. The normalized spacial score (nSPS) is 14.2. The van der Waals surface area contributed by atoms with E-state index in [-0.39, 0.29) is 31.8 Å². The van der Waals surface area contributed by atoms with Crippen molar-refractivity contribution < 1.29 is 4.79 Å². The highest BCUT2D eigenvalue weighted by molar-refractivity contribution is 7.10. The van der Waals surface area contributed by atoms with Crippen molar-refractivity contribution in [3.63, 3.8) is 0 Å². The fourth-order valence-electron chi connectivity index (χ4n) is 2.20. The Morgan fingerprint density at radius 2 is 1.95 bits per heavy atom. The number of halogens is 4. The summed E-state index contributed by atoms with van der Waals surface area (Å²) in [5.74, 6) is -0.294. The van der Waals surface area contributed by atoms with Gasteiger partial charge in [-0.15, -0.1) is 11.3 Å². The number of carbonyl (C=O) groups excluding carboxylic acids is 1. The summed E-state index contributed by atoms with van der Waals surface area (Å²) in [4.78, 5) is 19.6. The Hall–Kier alpha value is -0.520. The van der Waals surface area contributed by atoms with Gasteiger partial charge in [-0.05, 0) is 23.4 Å². The van der Waals surface area contributed by atoms with Crippen LogP contribution in [-0.2, 0) is 13.0 Å². The van der Waals surface area contributed by atoms with Gasteiger partial charge in [-0.3, -0.25) is 4.79 Å². The van der Waals surface area contributed by atoms with Gasteiger partial charge >= 0.3 is 0 Å². The Bertz CT molecular complexity index is 731. The molecule has 3 heterocycles. The van der Waals surface area contributed by atoms with E-state index in [2.05, 4.69) is 4.98 Å². The number of rotatable bonds is 1. The number of amides is 1. The van der Waals surface area contributed by atoms with Crippen LogP contribution in [0.15, 0.2) is 11.4 Å². The fourth-order valence-corrected chi connectivity index (χ4v) is 3.90. The van der Waals surface area contributed by atoms with Crippen LogP contribution in [0.5, 0.6) is 0 Å². The maximum atomic E-state index is 12.6. The van der Waals surface area contributed by atoms with E-state index in [0.717, 1.165) is 12.0 Å². The van der Waals surface area contributed by atoms with Gasteiger partial charge in [0.15, 0.2) is 0 Å². The minimum Gasteiger partial charge on any atom is -0.333 e. The van der Waals surface area contributed by atoms with Crippen molar-refractivity contribution in [2.75, 3.05) is 6.54 Å². The highest BCUT2D eigenvalue weighted by Crippen LogP contribution is 2.37. The van der Waals surface area contributed by atoms with Crippen LogP contribution in [-0.4, -0.2) is 22.3 Å². The molecule has 21 heavy (non-hydrogen) atoms. The Morgan fingerprint density at radius 1 is 1.19 bits per heavy atom. The Labute approximate surface area is 145 Å². The standard InChI is InChI=1S/C13H8Cl4N2OS/c14-8-9(15)11(18-12(17)10(8)16)13(20)19-3-1-7-6(5-19)2-4-21-7/h2,4H,1,3,5H2. The fraction of sp³-hybridized carbons (Fsp3) is 0.231. The van der Waals surface area contributed by atoms with Gasteiger partial charge in [0.05, 0.1) is 15.1 Å². The van der Waals surface area contributed by atoms with Crippen LogP contribution >= 0.6 is 57.7 Å². The number of aromatic nitrogens is 1. The van der Waals surface area contributed by atoms with E-state index in [4.69, 9.17) is 46.4 Å². The van der Waals surface area contributed by atoms with E-state index in [1.807, 2.05) is 11.4 Å². The topological polar surface area (TPSA) is 33.2 Å². The molecule has 0 bridgehead atoms. The molecule has 110 valence electrons. The van der Waals surface area contributed by atoms with Gasteiger partial charge in [0, 0.05) is 18.0 Å². The van der Waals surface area contributed by atoms with Crippen LogP contribution in [0.1, 0.15) is 20.9 Å². The van der Waals surface area contributed by atoms with Crippen molar-refractivity contribution in [1.82, 2.24) is 9.88 Å². The quantitative estimate of drug-likeness (QED) is 0.654. The van der Waals surface area contributed by atoms with E-state index in [0.29, 0.717) is 13.1 Å². The second kappa shape index (κ2) is 5.94. The molecule has 1 aliphatic heterocycles. The minimum absolute atomic E-state index is 0.0253. The van der Waals surface area contributed by atoms with Gasteiger partial charge in [0.2, 0.25) is 0 Å². The van der Waals surface area contributed by atoms with Gasteiger partial charge in [0.25, 0.3) is 5.91 Å². The van der Waals surface area contributed by atoms with Crippen LogP contribution in [0.3, 0.4) is 0 Å². The SMILES string of the molecule is O=C(c1nc(Cl)c(Cl)c(Cl)c1Cl)N1CCc2sccc2C1. The molecule has 2 aromatic rings. The molecule has 1 aliphatic rings. The maximum Gasteiger partial charge on any atom is 0.274 e. The first kappa shape index (κ1) is 15.4. The van der Waals surface area contributed by atoms with Crippen molar-refractivity contribution in [2.45, 2.75) is 13.0 Å². The zero-order valence-electron chi connectivity index (χ0n) is 10.5. The summed E-state index contributed by atoms with van der Waals surface area (Å²) in [6, 6.07) is 2.02. The molecule has 0 saturated carbocycles. The van der Waals surface area contributed by atoms with Crippen molar-refractivity contribution >= 4 is 63.6 Å². The third kappa shape index (κ3) is 2.76. The lowest BCUT2D eigenvalue weighted by Gasteiger charge is -2.27. The van der Waals surface area contributed by atoms with Gasteiger partial charge in [-0.1, -0.05) is 46.4 Å². The average molecular weight is 382 g/mol. The number of pyridine rings is 1. The Morgan fingerprint density at radius 3 is 2.71 bits per heavy atom. The molecule has 8 heteroatoms. The molecule has 0 unspecified atom stereocenters. The second-order valence-corrected chi connectivity index (χ2v) is 7.03. The second-order valence-electron chi connectivity index (χ2n) is 4.54. The molecule has 1 amide bonds. The number of hydrogen-bond donors (Lipinski definition) is 0. The van der Waals surface area contributed by atoms with Crippen molar-refractivity contribution in [3.05, 3.63) is 47.8 Å². The van der Waals surface area contributed by atoms with Crippen molar-refractivity contribution in [3.8, 4) is 0 Å². The smallest absolute Gasteiger partial charge is 0.274 e. The average Bonchev–Trinajstić information content (AvgIpc) is 2.95. The number of thiophene rings is 1. The third-order valence-electron chi connectivity index (χ3n) is 3.28. The summed E-state index contributed by atoms with van der Waals surface area (Å²) in [7, 11) is 0. The van der Waals surface area contributed by atoms with Crippen LogP contribution in [0.25, 0.3) is 0 Å². The van der Waals surface area contributed by atoms with E-state index < -0.39 is 0 Å².